The second-order valence-electron chi connectivity index (χ2n) is 4.88. The lowest BCUT2D eigenvalue weighted by molar-refractivity contribution is -0.126. The van der Waals surface area contributed by atoms with Crippen LogP contribution in [0.2, 0.25) is 0 Å². The molecular weight excluding hydrogens is 256 g/mol. The predicted molar refractivity (Wildman–Crippen MR) is 77.9 cm³/mol. The minimum atomic E-state index is -0.0546. The van der Waals surface area contributed by atoms with E-state index >= 15 is 0 Å². The zero-order valence-corrected chi connectivity index (χ0v) is 11.9. The van der Waals surface area contributed by atoms with Gasteiger partial charge in [0, 0.05) is 31.9 Å². The molecule has 0 aliphatic carbocycles. The van der Waals surface area contributed by atoms with E-state index in [-0.39, 0.29) is 18.6 Å². The molecule has 1 heterocycles. The first-order valence-electron chi connectivity index (χ1n) is 6.95. The Labute approximate surface area is 119 Å². The van der Waals surface area contributed by atoms with Crippen molar-refractivity contribution in [2.24, 2.45) is 0 Å². The van der Waals surface area contributed by atoms with Crippen LogP contribution in [0.15, 0.2) is 30.3 Å². The maximum atomic E-state index is 11.7. The maximum absolute atomic E-state index is 11.7. The summed E-state index contributed by atoms with van der Waals surface area (Å²) in [5, 5.41) is 3.01. The highest BCUT2D eigenvalue weighted by molar-refractivity contribution is 5.77. The number of methoxy groups -OCH3 is 1. The number of rotatable bonds is 7. The van der Waals surface area contributed by atoms with E-state index in [1.165, 1.54) is 5.69 Å². The van der Waals surface area contributed by atoms with Gasteiger partial charge in [0.15, 0.2) is 0 Å². The molecule has 0 saturated carbocycles. The number of para-hydroxylation sites is 1. The number of amides is 1. The van der Waals surface area contributed by atoms with E-state index in [1.807, 2.05) is 18.2 Å². The van der Waals surface area contributed by atoms with Crippen molar-refractivity contribution in [3.8, 4) is 0 Å². The summed E-state index contributed by atoms with van der Waals surface area (Å²) in [6.45, 7) is 2.89. The molecule has 1 aliphatic heterocycles. The predicted octanol–water partition coefficient (Wildman–Crippen LogP) is 1.04. The van der Waals surface area contributed by atoms with E-state index in [4.69, 9.17) is 9.47 Å². The standard InChI is InChI=1S/C15H22N2O3/c1-19-9-10-20-12-15(18)16-13-7-8-17(11-13)14-5-3-2-4-6-14/h2-6,13H,7-12H2,1H3,(H,16,18). The molecule has 1 amide bonds. The molecule has 1 unspecified atom stereocenters. The summed E-state index contributed by atoms with van der Waals surface area (Å²) in [5.74, 6) is -0.0546. The van der Waals surface area contributed by atoms with Gasteiger partial charge in [0.2, 0.25) is 5.91 Å². The van der Waals surface area contributed by atoms with E-state index < -0.39 is 0 Å². The van der Waals surface area contributed by atoms with Crippen molar-refractivity contribution >= 4 is 11.6 Å². The van der Waals surface area contributed by atoms with Crippen molar-refractivity contribution in [2.45, 2.75) is 12.5 Å². The Morgan fingerprint density at radius 2 is 2.15 bits per heavy atom. The van der Waals surface area contributed by atoms with Gasteiger partial charge in [-0.15, -0.1) is 0 Å². The molecule has 0 bridgehead atoms. The van der Waals surface area contributed by atoms with Crippen molar-refractivity contribution in [3.05, 3.63) is 30.3 Å². The average Bonchev–Trinajstić information content (AvgIpc) is 2.93. The lowest BCUT2D eigenvalue weighted by Crippen LogP contribution is -2.39. The van der Waals surface area contributed by atoms with Crippen LogP contribution in [0, 0.1) is 0 Å². The van der Waals surface area contributed by atoms with Gasteiger partial charge in [-0.05, 0) is 18.6 Å². The SMILES string of the molecule is COCCOCC(=O)NC1CCN(c2ccccc2)C1. The minimum Gasteiger partial charge on any atom is -0.382 e. The highest BCUT2D eigenvalue weighted by atomic mass is 16.5. The molecule has 5 heteroatoms. The number of nitrogens with zero attached hydrogens (tertiary/aromatic N) is 1. The lowest BCUT2D eigenvalue weighted by Gasteiger charge is -2.19. The molecule has 1 fully saturated rings. The minimum absolute atomic E-state index is 0.0546. The molecule has 5 nitrogen and oxygen atoms in total. The van der Waals surface area contributed by atoms with Gasteiger partial charge in [-0.3, -0.25) is 4.79 Å². The number of benzene rings is 1. The summed E-state index contributed by atoms with van der Waals surface area (Å²) >= 11 is 0. The summed E-state index contributed by atoms with van der Waals surface area (Å²) in [7, 11) is 1.61. The molecule has 1 saturated heterocycles. The van der Waals surface area contributed by atoms with E-state index in [0.717, 1.165) is 19.5 Å². The molecule has 1 aromatic rings. The summed E-state index contributed by atoms with van der Waals surface area (Å²) in [6, 6.07) is 10.5. The van der Waals surface area contributed by atoms with Crippen molar-refractivity contribution in [3.63, 3.8) is 0 Å². The molecule has 0 spiro atoms. The van der Waals surface area contributed by atoms with Gasteiger partial charge in [-0.25, -0.2) is 0 Å². The van der Waals surface area contributed by atoms with Crippen molar-refractivity contribution < 1.29 is 14.3 Å². The van der Waals surface area contributed by atoms with Crippen LogP contribution < -0.4 is 10.2 Å². The summed E-state index contributed by atoms with van der Waals surface area (Å²) in [6.07, 6.45) is 0.971. The topological polar surface area (TPSA) is 50.8 Å². The molecule has 1 atom stereocenters. The highest BCUT2D eigenvalue weighted by Gasteiger charge is 2.23. The van der Waals surface area contributed by atoms with Gasteiger partial charge in [0.25, 0.3) is 0 Å². The van der Waals surface area contributed by atoms with Gasteiger partial charge in [-0.2, -0.15) is 0 Å². The zero-order valence-electron chi connectivity index (χ0n) is 11.9. The Kier molecular flexibility index (Phi) is 5.83. The second kappa shape index (κ2) is 7.87. The van der Waals surface area contributed by atoms with Gasteiger partial charge >= 0.3 is 0 Å². The molecule has 1 aromatic carbocycles. The Bertz CT molecular complexity index is 411. The molecule has 110 valence electrons. The quantitative estimate of drug-likeness (QED) is 0.757. The smallest absolute Gasteiger partial charge is 0.246 e. The Hall–Kier alpha value is -1.59. The fraction of sp³-hybridized carbons (Fsp3) is 0.533. The number of carbonyl (C=O) groups is 1. The third-order valence-corrected chi connectivity index (χ3v) is 3.34. The maximum Gasteiger partial charge on any atom is 0.246 e. The Morgan fingerprint density at radius 1 is 1.35 bits per heavy atom. The molecule has 1 N–H and O–H groups in total. The first-order chi connectivity index (χ1) is 9.79. The first-order valence-corrected chi connectivity index (χ1v) is 6.95. The normalized spacial score (nSPS) is 18.2. The third-order valence-electron chi connectivity index (χ3n) is 3.34. The van der Waals surface area contributed by atoms with Crippen LogP contribution in [0.1, 0.15) is 6.42 Å². The average molecular weight is 278 g/mol. The molecule has 0 radical (unpaired) electrons. The van der Waals surface area contributed by atoms with Crippen LogP contribution in [0.4, 0.5) is 5.69 Å². The van der Waals surface area contributed by atoms with Gasteiger partial charge in [0.05, 0.1) is 13.2 Å². The number of nitrogens with one attached hydrogen (secondary N) is 1. The Morgan fingerprint density at radius 3 is 2.90 bits per heavy atom. The number of carbonyl (C=O) groups excluding carboxylic acids is 1. The number of ether oxygens (including phenoxy) is 2. The van der Waals surface area contributed by atoms with Crippen molar-refractivity contribution in [2.75, 3.05) is 44.9 Å². The number of hydrogen-bond acceptors (Lipinski definition) is 4. The van der Waals surface area contributed by atoms with E-state index in [0.29, 0.717) is 13.2 Å². The molecule has 2 rings (SSSR count). The van der Waals surface area contributed by atoms with E-state index in [2.05, 4.69) is 22.3 Å². The lowest BCUT2D eigenvalue weighted by atomic mass is 10.2. The molecule has 20 heavy (non-hydrogen) atoms. The Balaban J connectivity index is 1.69. The monoisotopic (exact) mass is 278 g/mol. The van der Waals surface area contributed by atoms with Crippen LogP contribution in [0.5, 0.6) is 0 Å². The zero-order chi connectivity index (χ0) is 14.2. The number of hydrogen-bond donors (Lipinski definition) is 1. The first kappa shape index (κ1) is 14.8. The third kappa shape index (κ3) is 4.51. The second-order valence-corrected chi connectivity index (χ2v) is 4.88. The van der Waals surface area contributed by atoms with Crippen LogP contribution in [0.25, 0.3) is 0 Å². The van der Waals surface area contributed by atoms with Crippen LogP contribution in [-0.4, -0.2) is 52.0 Å². The van der Waals surface area contributed by atoms with E-state index in [1.54, 1.807) is 7.11 Å². The van der Waals surface area contributed by atoms with E-state index in [9.17, 15) is 4.79 Å². The fourth-order valence-corrected chi connectivity index (χ4v) is 2.33. The summed E-state index contributed by atoms with van der Waals surface area (Å²) < 4.78 is 10.1. The van der Waals surface area contributed by atoms with Crippen molar-refractivity contribution in [1.82, 2.24) is 5.32 Å². The molecular formula is C15H22N2O3. The summed E-state index contributed by atoms with van der Waals surface area (Å²) in [5.41, 5.74) is 1.21. The molecule has 1 aliphatic rings. The fourth-order valence-electron chi connectivity index (χ4n) is 2.33. The van der Waals surface area contributed by atoms with Crippen LogP contribution in [0.3, 0.4) is 0 Å². The van der Waals surface area contributed by atoms with Gasteiger partial charge in [0.1, 0.15) is 6.61 Å². The highest BCUT2D eigenvalue weighted by Crippen LogP contribution is 2.19. The van der Waals surface area contributed by atoms with Crippen LogP contribution >= 0.6 is 0 Å². The largest absolute Gasteiger partial charge is 0.382 e. The number of anilines is 1. The molecule has 0 aromatic heterocycles. The van der Waals surface area contributed by atoms with Gasteiger partial charge in [-0.1, -0.05) is 18.2 Å². The van der Waals surface area contributed by atoms with Crippen molar-refractivity contribution in [1.29, 1.82) is 0 Å². The summed E-state index contributed by atoms with van der Waals surface area (Å²) in [4.78, 5) is 14.0. The van der Waals surface area contributed by atoms with Crippen LogP contribution in [-0.2, 0) is 14.3 Å². The van der Waals surface area contributed by atoms with Gasteiger partial charge < -0.3 is 19.7 Å².